The number of sulfonamides is 1. The van der Waals surface area contributed by atoms with E-state index in [4.69, 9.17) is 4.52 Å². The van der Waals surface area contributed by atoms with Crippen LogP contribution < -0.4 is 10.0 Å². The summed E-state index contributed by atoms with van der Waals surface area (Å²) in [5.74, 6) is 1.41. The Morgan fingerprint density at radius 1 is 1.20 bits per heavy atom. The molecule has 8 nitrogen and oxygen atoms in total. The van der Waals surface area contributed by atoms with Crippen LogP contribution in [0.15, 0.2) is 33.7 Å². The molecule has 2 aliphatic heterocycles. The third kappa shape index (κ3) is 3.39. The maximum Gasteiger partial charge on any atom is 0.276 e. The normalized spacial score (nSPS) is 25.8. The first kappa shape index (κ1) is 19.6. The Labute approximate surface area is 176 Å². The Bertz CT molecular complexity index is 1070. The number of carbonyl (C=O) groups excluding carboxylic acids is 1. The second kappa shape index (κ2) is 7.39. The van der Waals surface area contributed by atoms with Gasteiger partial charge in [-0.25, -0.2) is 8.42 Å². The predicted molar refractivity (Wildman–Crippen MR) is 110 cm³/mol. The Hall–Kier alpha value is -2.39. The molecule has 0 bridgehead atoms. The zero-order chi connectivity index (χ0) is 20.9. The number of piperidine rings is 1. The molecule has 0 unspecified atom stereocenters. The fraction of sp³-hybridized carbons (Fsp3) is 0.524. The van der Waals surface area contributed by atoms with Gasteiger partial charge in [-0.1, -0.05) is 24.2 Å². The van der Waals surface area contributed by atoms with Crippen LogP contribution in [0, 0.1) is 11.8 Å². The summed E-state index contributed by atoms with van der Waals surface area (Å²) in [4.78, 5) is 15.2. The average Bonchev–Trinajstić information content (AvgIpc) is 3.16. The van der Waals surface area contributed by atoms with Crippen LogP contribution in [0.25, 0.3) is 0 Å². The van der Waals surface area contributed by atoms with Gasteiger partial charge in [-0.05, 0) is 49.7 Å². The largest absolute Gasteiger partial charge is 0.368 e. The van der Waals surface area contributed by atoms with Gasteiger partial charge in [-0.2, -0.15) is 4.72 Å². The summed E-state index contributed by atoms with van der Waals surface area (Å²) >= 11 is 0. The van der Waals surface area contributed by atoms with E-state index in [1.807, 2.05) is 11.0 Å². The topological polar surface area (TPSA) is 105 Å². The number of anilines is 1. The third-order valence-electron chi connectivity index (χ3n) is 6.56. The highest BCUT2D eigenvalue weighted by atomic mass is 32.2. The van der Waals surface area contributed by atoms with Crippen molar-refractivity contribution in [3.8, 4) is 0 Å². The zero-order valence-corrected chi connectivity index (χ0v) is 17.7. The Balaban J connectivity index is 1.26. The maximum absolute atomic E-state index is 13.1. The summed E-state index contributed by atoms with van der Waals surface area (Å²) in [6.07, 6.45) is 3.80. The second-order valence-electron chi connectivity index (χ2n) is 8.65. The van der Waals surface area contributed by atoms with Gasteiger partial charge in [0, 0.05) is 25.1 Å². The summed E-state index contributed by atoms with van der Waals surface area (Å²) in [6.45, 7) is 3.33. The smallest absolute Gasteiger partial charge is 0.276 e. The van der Waals surface area contributed by atoms with E-state index in [2.05, 4.69) is 22.1 Å². The molecule has 5 rings (SSSR count). The van der Waals surface area contributed by atoms with Crippen molar-refractivity contribution in [2.24, 2.45) is 11.8 Å². The first-order valence-corrected chi connectivity index (χ1v) is 12.1. The molecule has 3 aliphatic rings. The minimum absolute atomic E-state index is 0.0740. The van der Waals surface area contributed by atoms with E-state index >= 15 is 0 Å². The minimum Gasteiger partial charge on any atom is -0.368 e. The zero-order valence-electron chi connectivity index (χ0n) is 16.9. The fourth-order valence-corrected chi connectivity index (χ4v) is 6.18. The first-order chi connectivity index (χ1) is 14.4. The molecular formula is C21H26N4O4S. The molecule has 1 aliphatic carbocycles. The van der Waals surface area contributed by atoms with Crippen molar-refractivity contribution in [3.05, 3.63) is 41.3 Å². The molecule has 1 saturated heterocycles. The van der Waals surface area contributed by atoms with Crippen molar-refractivity contribution in [1.82, 2.24) is 14.8 Å². The number of benzene rings is 1. The van der Waals surface area contributed by atoms with Crippen LogP contribution in [0.2, 0.25) is 0 Å². The van der Waals surface area contributed by atoms with Gasteiger partial charge in [-0.15, -0.1) is 0 Å². The number of rotatable bonds is 2. The quantitative estimate of drug-likeness (QED) is 0.758. The Morgan fingerprint density at radius 2 is 1.97 bits per heavy atom. The number of likely N-dealkylation sites (tertiary alicyclic amines) is 1. The number of carbonyl (C=O) groups is 1. The number of nitrogens with zero attached hydrogens (tertiary/aromatic N) is 2. The van der Waals surface area contributed by atoms with Crippen molar-refractivity contribution in [2.75, 3.05) is 18.4 Å². The molecule has 2 N–H and O–H groups in total. The summed E-state index contributed by atoms with van der Waals surface area (Å²) in [5, 5.41) is 7.41. The number of amides is 1. The third-order valence-corrected chi connectivity index (χ3v) is 8.06. The van der Waals surface area contributed by atoms with E-state index in [9.17, 15) is 13.2 Å². The van der Waals surface area contributed by atoms with Gasteiger partial charge < -0.3 is 14.7 Å². The number of aromatic nitrogens is 1. The Kier molecular flexibility index (Phi) is 4.82. The lowest BCUT2D eigenvalue weighted by molar-refractivity contribution is 0.0667. The molecule has 9 heteroatoms. The number of fused-ring (bicyclic) bond motifs is 2. The van der Waals surface area contributed by atoms with E-state index < -0.39 is 10.0 Å². The molecule has 2 atom stereocenters. The van der Waals surface area contributed by atoms with Gasteiger partial charge in [0.1, 0.15) is 10.7 Å². The van der Waals surface area contributed by atoms with Crippen molar-refractivity contribution in [3.63, 3.8) is 0 Å². The lowest BCUT2D eigenvalue weighted by Crippen LogP contribution is -2.52. The SMILES string of the molecule is C[C@H]1CCc2onc(C(=O)N3CCC([C@@H]4Nc5ccccc5S(=O)(=O)N4)CC3)c2C1. The average molecular weight is 431 g/mol. The predicted octanol–water partition coefficient (Wildman–Crippen LogP) is 2.38. The van der Waals surface area contributed by atoms with Crippen molar-refractivity contribution in [2.45, 2.75) is 50.1 Å². The van der Waals surface area contributed by atoms with Gasteiger partial charge in [0.25, 0.3) is 5.91 Å². The highest BCUT2D eigenvalue weighted by molar-refractivity contribution is 7.89. The molecule has 1 aromatic carbocycles. The summed E-state index contributed by atoms with van der Waals surface area (Å²) in [6, 6.07) is 6.92. The number of nitrogens with one attached hydrogen (secondary N) is 2. The molecular weight excluding hydrogens is 404 g/mol. The first-order valence-electron chi connectivity index (χ1n) is 10.6. The summed E-state index contributed by atoms with van der Waals surface area (Å²) in [5.41, 5.74) is 2.06. The fourth-order valence-electron chi connectivity index (χ4n) is 4.79. The molecule has 3 heterocycles. The molecule has 2 aromatic rings. The number of hydrogen-bond acceptors (Lipinski definition) is 6. The Morgan fingerprint density at radius 3 is 2.77 bits per heavy atom. The highest BCUT2D eigenvalue weighted by Gasteiger charge is 2.37. The number of para-hydroxylation sites is 1. The standard InChI is InChI=1S/C21H26N4O4S/c1-13-6-7-17-15(12-13)19(23-29-17)21(26)25-10-8-14(9-11-25)20-22-16-4-2-3-5-18(16)30(27,28)24-20/h2-5,13-14,20,22,24H,6-12H2,1H3/t13-,20+/m0/s1. The van der Waals surface area contributed by atoms with Gasteiger partial charge in [0.15, 0.2) is 5.69 Å². The molecule has 1 fully saturated rings. The van der Waals surface area contributed by atoms with Crippen molar-refractivity contribution in [1.29, 1.82) is 0 Å². The van der Waals surface area contributed by atoms with E-state index in [1.165, 1.54) is 0 Å². The van der Waals surface area contributed by atoms with Gasteiger partial charge in [-0.3, -0.25) is 4.79 Å². The monoisotopic (exact) mass is 430 g/mol. The highest BCUT2D eigenvalue weighted by Crippen LogP contribution is 2.32. The second-order valence-corrected chi connectivity index (χ2v) is 10.3. The van der Waals surface area contributed by atoms with E-state index in [1.54, 1.807) is 18.2 Å². The minimum atomic E-state index is -3.54. The van der Waals surface area contributed by atoms with Crippen molar-refractivity contribution < 1.29 is 17.7 Å². The van der Waals surface area contributed by atoms with Crippen LogP contribution in [-0.2, 0) is 22.9 Å². The number of hydrogen-bond donors (Lipinski definition) is 2. The van der Waals surface area contributed by atoms with Gasteiger partial charge >= 0.3 is 0 Å². The summed E-state index contributed by atoms with van der Waals surface area (Å²) in [7, 11) is -3.54. The van der Waals surface area contributed by atoms with Crippen LogP contribution in [0.5, 0.6) is 0 Å². The summed E-state index contributed by atoms with van der Waals surface area (Å²) < 4.78 is 33.4. The van der Waals surface area contributed by atoms with Crippen LogP contribution in [0.3, 0.4) is 0 Å². The van der Waals surface area contributed by atoms with Crippen LogP contribution in [-0.4, -0.2) is 43.6 Å². The van der Waals surface area contributed by atoms with Crippen LogP contribution in [0.4, 0.5) is 5.69 Å². The lowest BCUT2D eigenvalue weighted by Gasteiger charge is -2.38. The molecule has 0 saturated carbocycles. The van der Waals surface area contributed by atoms with Crippen molar-refractivity contribution >= 4 is 21.6 Å². The van der Waals surface area contributed by atoms with Crippen LogP contribution >= 0.6 is 0 Å². The molecule has 0 spiro atoms. The van der Waals surface area contributed by atoms with E-state index in [0.29, 0.717) is 43.2 Å². The molecule has 1 amide bonds. The lowest BCUT2D eigenvalue weighted by atomic mass is 9.87. The van der Waals surface area contributed by atoms with Gasteiger partial charge in [0.05, 0.1) is 11.9 Å². The van der Waals surface area contributed by atoms with E-state index in [-0.39, 0.29) is 22.9 Å². The van der Waals surface area contributed by atoms with Crippen LogP contribution in [0.1, 0.15) is 48.0 Å². The molecule has 160 valence electrons. The van der Waals surface area contributed by atoms with E-state index in [0.717, 1.165) is 30.6 Å². The molecule has 30 heavy (non-hydrogen) atoms. The molecule has 1 aromatic heterocycles. The number of aryl methyl sites for hydroxylation is 1. The molecule has 0 radical (unpaired) electrons. The van der Waals surface area contributed by atoms with Gasteiger partial charge in [0.2, 0.25) is 10.0 Å². The maximum atomic E-state index is 13.1.